The van der Waals surface area contributed by atoms with Crippen LogP contribution in [0.2, 0.25) is 0 Å². The highest BCUT2D eigenvalue weighted by molar-refractivity contribution is 9.10. The number of rotatable bonds is 7. The molecule has 0 unspecified atom stereocenters. The SMILES string of the molecule is CC(C)Oc1ccc(NS(=O)(=O)CC(=O)N2CCN(c3ccc(Br)cn3)CC2)cc1. The van der Waals surface area contributed by atoms with Crippen LogP contribution in [0.25, 0.3) is 0 Å². The number of hydrogen-bond donors (Lipinski definition) is 1. The van der Waals surface area contributed by atoms with Gasteiger partial charge >= 0.3 is 0 Å². The number of amides is 1. The lowest BCUT2D eigenvalue weighted by Crippen LogP contribution is -2.50. The molecule has 1 amide bonds. The van der Waals surface area contributed by atoms with E-state index in [0.717, 1.165) is 10.3 Å². The lowest BCUT2D eigenvalue weighted by atomic mass is 10.3. The van der Waals surface area contributed by atoms with Crippen LogP contribution >= 0.6 is 15.9 Å². The molecule has 2 aromatic rings. The van der Waals surface area contributed by atoms with E-state index in [0.29, 0.717) is 37.6 Å². The molecule has 1 N–H and O–H groups in total. The van der Waals surface area contributed by atoms with Crippen molar-refractivity contribution in [1.82, 2.24) is 9.88 Å². The summed E-state index contributed by atoms with van der Waals surface area (Å²) in [6.45, 7) is 5.94. The van der Waals surface area contributed by atoms with Crippen molar-refractivity contribution in [2.75, 3.05) is 41.6 Å². The molecule has 1 aliphatic rings. The number of carbonyl (C=O) groups excluding carboxylic acids is 1. The van der Waals surface area contributed by atoms with Crippen molar-refractivity contribution in [2.45, 2.75) is 20.0 Å². The van der Waals surface area contributed by atoms with E-state index in [2.05, 4.69) is 30.5 Å². The zero-order valence-corrected chi connectivity index (χ0v) is 19.3. The monoisotopic (exact) mass is 496 g/mol. The average Bonchev–Trinajstić information content (AvgIpc) is 2.69. The van der Waals surface area contributed by atoms with Crippen molar-refractivity contribution >= 4 is 43.4 Å². The fourth-order valence-electron chi connectivity index (χ4n) is 3.08. The summed E-state index contributed by atoms with van der Waals surface area (Å²) in [5.74, 6) is 0.491. The second-order valence-electron chi connectivity index (χ2n) is 7.25. The summed E-state index contributed by atoms with van der Waals surface area (Å²) in [5.41, 5.74) is 0.394. The zero-order chi connectivity index (χ0) is 21.7. The van der Waals surface area contributed by atoms with Gasteiger partial charge in [-0.3, -0.25) is 9.52 Å². The highest BCUT2D eigenvalue weighted by Crippen LogP contribution is 2.19. The van der Waals surface area contributed by atoms with Crippen LogP contribution in [0.3, 0.4) is 0 Å². The third-order valence-electron chi connectivity index (χ3n) is 4.48. The van der Waals surface area contributed by atoms with Gasteiger partial charge in [0.25, 0.3) is 0 Å². The van der Waals surface area contributed by atoms with Gasteiger partial charge in [-0.2, -0.15) is 0 Å². The molecule has 1 fully saturated rings. The first-order valence-corrected chi connectivity index (χ1v) is 12.1. The summed E-state index contributed by atoms with van der Waals surface area (Å²) in [6, 6.07) is 10.4. The molecule has 0 radical (unpaired) electrons. The van der Waals surface area contributed by atoms with E-state index in [-0.39, 0.29) is 6.10 Å². The number of pyridine rings is 1. The molecule has 0 aliphatic carbocycles. The Morgan fingerprint density at radius 3 is 2.37 bits per heavy atom. The molecule has 0 atom stereocenters. The molecular formula is C20H25BrN4O4S. The number of halogens is 1. The van der Waals surface area contributed by atoms with Crippen molar-refractivity contribution in [1.29, 1.82) is 0 Å². The Morgan fingerprint density at radius 1 is 1.13 bits per heavy atom. The van der Waals surface area contributed by atoms with E-state index in [4.69, 9.17) is 4.74 Å². The second-order valence-corrected chi connectivity index (χ2v) is 9.89. The number of sulfonamides is 1. The number of piperazine rings is 1. The zero-order valence-electron chi connectivity index (χ0n) is 16.9. The van der Waals surface area contributed by atoms with E-state index in [1.807, 2.05) is 26.0 Å². The third kappa shape index (κ3) is 6.33. The number of aromatic nitrogens is 1. The molecule has 0 saturated carbocycles. The number of nitrogens with zero attached hydrogens (tertiary/aromatic N) is 3. The van der Waals surface area contributed by atoms with Crippen LogP contribution in [-0.4, -0.2) is 62.2 Å². The number of anilines is 2. The maximum Gasteiger partial charge on any atom is 0.241 e. The maximum absolute atomic E-state index is 12.5. The second kappa shape index (κ2) is 9.65. The molecule has 2 heterocycles. The van der Waals surface area contributed by atoms with Gasteiger partial charge in [-0.05, 0) is 66.2 Å². The fourth-order valence-corrected chi connectivity index (χ4v) is 4.39. The van der Waals surface area contributed by atoms with Crippen molar-refractivity contribution in [3.8, 4) is 5.75 Å². The summed E-state index contributed by atoms with van der Waals surface area (Å²) in [6.07, 6.45) is 1.76. The molecule has 1 aliphatic heterocycles. The van der Waals surface area contributed by atoms with Gasteiger partial charge in [0.1, 0.15) is 17.3 Å². The quantitative estimate of drug-likeness (QED) is 0.633. The Labute approximate surface area is 185 Å². The fraction of sp³-hybridized carbons (Fsp3) is 0.400. The van der Waals surface area contributed by atoms with E-state index < -0.39 is 21.7 Å². The highest BCUT2D eigenvalue weighted by Gasteiger charge is 2.26. The molecule has 1 aromatic carbocycles. The summed E-state index contributed by atoms with van der Waals surface area (Å²) in [7, 11) is -3.80. The van der Waals surface area contributed by atoms with Gasteiger partial charge < -0.3 is 14.5 Å². The Kier molecular flexibility index (Phi) is 7.19. The summed E-state index contributed by atoms with van der Waals surface area (Å²) < 4.78 is 33.7. The van der Waals surface area contributed by atoms with Crippen LogP contribution in [-0.2, 0) is 14.8 Å². The molecule has 3 rings (SSSR count). The van der Waals surface area contributed by atoms with Crippen LogP contribution in [0.1, 0.15) is 13.8 Å². The van der Waals surface area contributed by atoms with Gasteiger partial charge in [0, 0.05) is 42.5 Å². The Bertz CT molecular complexity index is 957. The molecule has 162 valence electrons. The maximum atomic E-state index is 12.5. The largest absolute Gasteiger partial charge is 0.491 e. The van der Waals surface area contributed by atoms with Gasteiger partial charge in [0.05, 0.1) is 6.10 Å². The number of nitrogens with one attached hydrogen (secondary N) is 1. The lowest BCUT2D eigenvalue weighted by molar-refractivity contribution is -0.128. The third-order valence-corrected chi connectivity index (χ3v) is 6.12. The Morgan fingerprint density at radius 2 is 1.80 bits per heavy atom. The first-order valence-electron chi connectivity index (χ1n) is 9.63. The van der Waals surface area contributed by atoms with Crippen molar-refractivity contribution < 1.29 is 17.9 Å². The van der Waals surface area contributed by atoms with Gasteiger partial charge in [-0.15, -0.1) is 0 Å². The minimum absolute atomic E-state index is 0.0326. The molecule has 0 spiro atoms. The molecule has 30 heavy (non-hydrogen) atoms. The van der Waals surface area contributed by atoms with Crippen LogP contribution in [0, 0.1) is 0 Å². The van der Waals surface area contributed by atoms with Gasteiger partial charge in [-0.1, -0.05) is 0 Å². The summed E-state index contributed by atoms with van der Waals surface area (Å²) in [4.78, 5) is 20.5. The first-order chi connectivity index (χ1) is 14.2. The van der Waals surface area contributed by atoms with E-state index >= 15 is 0 Å². The average molecular weight is 497 g/mol. The Balaban J connectivity index is 1.51. The van der Waals surface area contributed by atoms with Crippen LogP contribution in [0.4, 0.5) is 11.5 Å². The predicted molar refractivity (Wildman–Crippen MR) is 120 cm³/mol. The number of carbonyl (C=O) groups is 1. The van der Waals surface area contributed by atoms with Crippen LogP contribution < -0.4 is 14.4 Å². The van der Waals surface area contributed by atoms with Crippen molar-refractivity contribution in [3.05, 3.63) is 47.1 Å². The molecular weight excluding hydrogens is 472 g/mol. The molecule has 0 bridgehead atoms. The predicted octanol–water partition coefficient (Wildman–Crippen LogP) is 2.72. The Hall–Kier alpha value is -2.33. The van der Waals surface area contributed by atoms with Gasteiger partial charge in [-0.25, -0.2) is 13.4 Å². The summed E-state index contributed by atoms with van der Waals surface area (Å²) in [5, 5.41) is 0. The van der Waals surface area contributed by atoms with Gasteiger partial charge in [0.2, 0.25) is 15.9 Å². The molecule has 1 saturated heterocycles. The minimum atomic E-state index is -3.80. The normalized spacial score (nSPS) is 14.7. The highest BCUT2D eigenvalue weighted by atomic mass is 79.9. The first kappa shape index (κ1) is 22.4. The molecule has 1 aromatic heterocycles. The smallest absolute Gasteiger partial charge is 0.241 e. The van der Waals surface area contributed by atoms with Crippen molar-refractivity contribution in [3.63, 3.8) is 0 Å². The van der Waals surface area contributed by atoms with E-state index in [1.54, 1.807) is 35.4 Å². The van der Waals surface area contributed by atoms with E-state index in [1.165, 1.54) is 0 Å². The lowest BCUT2D eigenvalue weighted by Gasteiger charge is -2.35. The molecule has 8 nitrogen and oxygen atoms in total. The van der Waals surface area contributed by atoms with Crippen LogP contribution in [0.15, 0.2) is 47.1 Å². The van der Waals surface area contributed by atoms with Crippen LogP contribution in [0.5, 0.6) is 5.75 Å². The number of ether oxygens (including phenoxy) is 1. The van der Waals surface area contributed by atoms with Gasteiger partial charge in [0.15, 0.2) is 0 Å². The van der Waals surface area contributed by atoms with E-state index in [9.17, 15) is 13.2 Å². The topological polar surface area (TPSA) is 91.8 Å². The number of hydrogen-bond acceptors (Lipinski definition) is 6. The standard InChI is InChI=1S/C20H25BrN4O4S/c1-15(2)29-18-6-4-17(5-7-18)23-30(27,28)14-20(26)25-11-9-24(10-12-25)19-8-3-16(21)13-22-19/h3-8,13,15,23H,9-12,14H2,1-2H3. The minimum Gasteiger partial charge on any atom is -0.491 e. The van der Waals surface area contributed by atoms with Crippen molar-refractivity contribution in [2.24, 2.45) is 0 Å². The summed E-state index contributed by atoms with van der Waals surface area (Å²) >= 11 is 3.36. The number of benzene rings is 1. The molecule has 10 heteroatoms.